The maximum absolute atomic E-state index is 5.73. The van der Waals surface area contributed by atoms with Gasteiger partial charge in [0.25, 0.3) is 0 Å². The number of hydrogen-bond donors (Lipinski definition) is 0. The van der Waals surface area contributed by atoms with Crippen molar-refractivity contribution in [1.29, 1.82) is 0 Å². The van der Waals surface area contributed by atoms with E-state index in [4.69, 9.17) is 9.47 Å². The second kappa shape index (κ2) is 4.88. The molecule has 0 fully saturated rings. The minimum absolute atomic E-state index is 0.170. The van der Waals surface area contributed by atoms with E-state index in [1.807, 2.05) is 0 Å². The predicted octanol–water partition coefficient (Wildman–Crippen LogP) is 4.69. The molecule has 24 heavy (non-hydrogen) atoms. The lowest BCUT2D eigenvalue weighted by Crippen LogP contribution is -2.28. The van der Waals surface area contributed by atoms with Gasteiger partial charge in [-0.1, -0.05) is 48.5 Å². The lowest BCUT2D eigenvalue weighted by Gasteiger charge is -2.43. The molecule has 0 spiro atoms. The van der Waals surface area contributed by atoms with Gasteiger partial charge in [-0.3, -0.25) is 0 Å². The summed E-state index contributed by atoms with van der Waals surface area (Å²) < 4.78 is 11.5. The zero-order valence-electron chi connectivity index (χ0n) is 13.7. The molecule has 0 aliphatic heterocycles. The summed E-state index contributed by atoms with van der Waals surface area (Å²) in [4.78, 5) is 0. The molecule has 0 saturated carbocycles. The maximum atomic E-state index is 5.73. The number of rotatable bonds is 2. The van der Waals surface area contributed by atoms with Gasteiger partial charge in [-0.15, -0.1) is 0 Å². The average molecular weight is 314 g/mol. The summed E-state index contributed by atoms with van der Waals surface area (Å²) in [7, 11) is 3.51. The van der Waals surface area contributed by atoms with Crippen LogP contribution < -0.4 is 9.47 Å². The van der Waals surface area contributed by atoms with Crippen LogP contribution in [0, 0.1) is 0 Å². The molecule has 0 saturated heterocycles. The van der Waals surface area contributed by atoms with Crippen LogP contribution in [-0.2, 0) is 0 Å². The van der Waals surface area contributed by atoms with E-state index in [1.54, 1.807) is 14.2 Å². The first kappa shape index (κ1) is 13.7. The average Bonchev–Trinajstić information content (AvgIpc) is 2.66. The minimum atomic E-state index is 0.170. The number of benzene rings is 3. The maximum Gasteiger partial charge on any atom is 0.123 e. The fourth-order valence-corrected chi connectivity index (χ4v) is 4.59. The van der Waals surface area contributed by atoms with E-state index in [0.29, 0.717) is 0 Å². The van der Waals surface area contributed by atoms with Crippen molar-refractivity contribution in [3.05, 3.63) is 94.0 Å². The Morgan fingerprint density at radius 1 is 0.542 bits per heavy atom. The Bertz CT molecular complexity index is 902. The Hall–Kier alpha value is -2.74. The molecular weight excluding hydrogens is 296 g/mol. The molecule has 0 N–H and O–H groups in total. The van der Waals surface area contributed by atoms with E-state index in [9.17, 15) is 0 Å². The van der Waals surface area contributed by atoms with Crippen molar-refractivity contribution < 1.29 is 9.47 Å². The molecule has 2 nitrogen and oxygen atoms in total. The molecule has 6 rings (SSSR count). The van der Waals surface area contributed by atoms with Gasteiger partial charge < -0.3 is 9.47 Å². The monoisotopic (exact) mass is 314 g/mol. The third-order valence-electron chi connectivity index (χ3n) is 5.46. The van der Waals surface area contributed by atoms with Gasteiger partial charge in [0.2, 0.25) is 0 Å². The van der Waals surface area contributed by atoms with Crippen molar-refractivity contribution in [2.75, 3.05) is 14.2 Å². The van der Waals surface area contributed by atoms with Gasteiger partial charge in [-0.25, -0.2) is 0 Å². The second-order valence-corrected chi connectivity index (χ2v) is 6.42. The summed E-state index contributed by atoms with van der Waals surface area (Å²) in [6.45, 7) is 0. The summed E-state index contributed by atoms with van der Waals surface area (Å²) in [6, 6.07) is 21.6. The molecule has 3 aliphatic carbocycles. The Morgan fingerprint density at radius 3 is 1.50 bits per heavy atom. The molecule has 0 aromatic heterocycles. The van der Waals surface area contributed by atoms with Gasteiger partial charge in [0.15, 0.2) is 0 Å². The molecule has 0 heterocycles. The lowest BCUT2D eigenvalue weighted by molar-refractivity contribution is 0.397. The zero-order valence-corrected chi connectivity index (χ0v) is 13.7. The predicted molar refractivity (Wildman–Crippen MR) is 94.3 cm³/mol. The third kappa shape index (κ3) is 1.56. The molecule has 2 heteroatoms. The third-order valence-corrected chi connectivity index (χ3v) is 5.46. The standard InChI is InChI=1S/C22H18O2/c1-23-17-11-5-9-15-19-13-7-3-4-8-14(13)22(20(15)17)21-16(19)10-6-12-18(21)24-2/h3-12,19,22H,1-2H3. The molecule has 3 aromatic carbocycles. The smallest absolute Gasteiger partial charge is 0.123 e. The molecule has 0 radical (unpaired) electrons. The van der Waals surface area contributed by atoms with Gasteiger partial charge in [0.05, 0.1) is 14.2 Å². The number of methoxy groups -OCH3 is 2. The second-order valence-electron chi connectivity index (χ2n) is 6.42. The molecule has 3 aromatic rings. The van der Waals surface area contributed by atoms with Crippen LogP contribution in [0.2, 0.25) is 0 Å². The molecule has 0 unspecified atom stereocenters. The van der Waals surface area contributed by atoms with Crippen LogP contribution in [-0.4, -0.2) is 14.2 Å². The van der Waals surface area contributed by atoms with Gasteiger partial charge in [-0.05, 0) is 34.4 Å². The molecule has 0 atom stereocenters. The summed E-state index contributed by atoms with van der Waals surface area (Å²) >= 11 is 0. The van der Waals surface area contributed by atoms with Gasteiger partial charge in [0.1, 0.15) is 11.5 Å². The normalized spacial score (nSPS) is 19.2. The molecule has 0 amide bonds. The molecule has 118 valence electrons. The summed E-state index contributed by atoms with van der Waals surface area (Å²) in [5.41, 5.74) is 8.08. The van der Waals surface area contributed by atoms with Gasteiger partial charge in [0, 0.05) is 23.0 Å². The quantitative estimate of drug-likeness (QED) is 0.470. The van der Waals surface area contributed by atoms with Crippen molar-refractivity contribution in [2.24, 2.45) is 0 Å². The fourth-order valence-electron chi connectivity index (χ4n) is 4.59. The Labute approximate surface area is 141 Å². The van der Waals surface area contributed by atoms with E-state index >= 15 is 0 Å². The van der Waals surface area contributed by atoms with Crippen LogP contribution in [0.1, 0.15) is 45.2 Å². The molecule has 2 bridgehead atoms. The van der Waals surface area contributed by atoms with Crippen LogP contribution in [0.15, 0.2) is 60.7 Å². The summed E-state index contributed by atoms with van der Waals surface area (Å²) in [5, 5.41) is 0. The lowest BCUT2D eigenvalue weighted by atomic mass is 9.60. The highest BCUT2D eigenvalue weighted by molar-refractivity contribution is 5.72. The van der Waals surface area contributed by atoms with E-state index in [0.717, 1.165) is 11.5 Å². The SMILES string of the molecule is COc1cccc2c1C1c3ccccc3C2c2cccc(OC)c21. The van der Waals surface area contributed by atoms with Crippen molar-refractivity contribution in [2.45, 2.75) is 11.8 Å². The van der Waals surface area contributed by atoms with Crippen LogP contribution in [0.25, 0.3) is 0 Å². The summed E-state index contributed by atoms with van der Waals surface area (Å²) in [6.07, 6.45) is 0. The van der Waals surface area contributed by atoms with Crippen LogP contribution in [0.5, 0.6) is 11.5 Å². The van der Waals surface area contributed by atoms with E-state index in [2.05, 4.69) is 60.7 Å². The van der Waals surface area contributed by atoms with Gasteiger partial charge in [-0.2, -0.15) is 0 Å². The Kier molecular flexibility index (Phi) is 2.78. The number of ether oxygens (including phenoxy) is 2. The Balaban J connectivity index is 1.92. The summed E-state index contributed by atoms with van der Waals surface area (Å²) in [5.74, 6) is 2.35. The largest absolute Gasteiger partial charge is 0.496 e. The first-order valence-electron chi connectivity index (χ1n) is 8.27. The van der Waals surface area contributed by atoms with Crippen molar-refractivity contribution in [3.8, 4) is 11.5 Å². The Morgan fingerprint density at radius 2 is 1.00 bits per heavy atom. The van der Waals surface area contributed by atoms with Crippen LogP contribution in [0.3, 0.4) is 0 Å². The topological polar surface area (TPSA) is 18.5 Å². The first-order valence-corrected chi connectivity index (χ1v) is 8.27. The van der Waals surface area contributed by atoms with Crippen molar-refractivity contribution >= 4 is 0 Å². The molecule has 3 aliphatic rings. The first-order chi connectivity index (χ1) is 11.8. The highest BCUT2D eigenvalue weighted by Gasteiger charge is 2.44. The highest BCUT2D eigenvalue weighted by atomic mass is 16.5. The van der Waals surface area contributed by atoms with Gasteiger partial charge >= 0.3 is 0 Å². The van der Waals surface area contributed by atoms with Crippen LogP contribution in [0.4, 0.5) is 0 Å². The molecular formula is C22H18O2. The van der Waals surface area contributed by atoms with E-state index < -0.39 is 0 Å². The van der Waals surface area contributed by atoms with Crippen molar-refractivity contribution in [3.63, 3.8) is 0 Å². The zero-order chi connectivity index (χ0) is 16.3. The number of hydrogen-bond acceptors (Lipinski definition) is 2. The highest BCUT2D eigenvalue weighted by Crippen LogP contribution is 2.59. The van der Waals surface area contributed by atoms with E-state index in [1.165, 1.54) is 33.4 Å². The van der Waals surface area contributed by atoms with E-state index in [-0.39, 0.29) is 11.8 Å². The van der Waals surface area contributed by atoms with Crippen LogP contribution >= 0.6 is 0 Å². The van der Waals surface area contributed by atoms with Crippen molar-refractivity contribution in [1.82, 2.24) is 0 Å². The minimum Gasteiger partial charge on any atom is -0.496 e. The fraction of sp³-hybridized carbons (Fsp3) is 0.182.